The molecule has 0 bridgehead atoms. The minimum absolute atomic E-state index is 0.0707. The van der Waals surface area contributed by atoms with Gasteiger partial charge in [-0.05, 0) is 25.3 Å². The summed E-state index contributed by atoms with van der Waals surface area (Å²) in [6.07, 6.45) is 2.71. The van der Waals surface area contributed by atoms with E-state index >= 15 is 0 Å². The lowest BCUT2D eigenvalue weighted by Gasteiger charge is -2.40. The molecule has 17 heavy (non-hydrogen) atoms. The number of hydrogen-bond acceptors (Lipinski definition) is 3. The van der Waals surface area contributed by atoms with Gasteiger partial charge in [0.15, 0.2) is 0 Å². The van der Waals surface area contributed by atoms with Crippen LogP contribution in [-0.2, 0) is 10.0 Å². The van der Waals surface area contributed by atoms with Crippen molar-refractivity contribution in [2.45, 2.75) is 29.7 Å². The van der Waals surface area contributed by atoms with E-state index < -0.39 is 10.0 Å². The molecule has 0 aliphatic heterocycles. The SMILES string of the molecule is O=S(=O)(NC1(CBr)CCC1)c1cc(Cl)sc1Cl. The van der Waals surface area contributed by atoms with Gasteiger partial charge in [0.2, 0.25) is 10.0 Å². The van der Waals surface area contributed by atoms with Crippen LogP contribution in [0.25, 0.3) is 0 Å². The highest BCUT2D eigenvalue weighted by Gasteiger charge is 2.40. The van der Waals surface area contributed by atoms with E-state index in [1.54, 1.807) is 0 Å². The molecule has 8 heteroatoms. The zero-order valence-electron chi connectivity index (χ0n) is 8.67. The fourth-order valence-electron chi connectivity index (χ4n) is 1.71. The van der Waals surface area contributed by atoms with Crippen molar-refractivity contribution in [2.75, 3.05) is 5.33 Å². The Hall–Kier alpha value is 0.670. The van der Waals surface area contributed by atoms with E-state index in [1.807, 2.05) is 0 Å². The van der Waals surface area contributed by atoms with Crippen molar-refractivity contribution in [1.82, 2.24) is 4.72 Å². The van der Waals surface area contributed by atoms with E-state index in [9.17, 15) is 8.42 Å². The molecule has 1 N–H and O–H groups in total. The average Bonchev–Trinajstić information content (AvgIpc) is 2.52. The lowest BCUT2D eigenvalue weighted by atomic mass is 9.80. The highest BCUT2D eigenvalue weighted by molar-refractivity contribution is 9.09. The van der Waals surface area contributed by atoms with E-state index in [0.29, 0.717) is 9.67 Å². The van der Waals surface area contributed by atoms with Crippen LogP contribution in [-0.4, -0.2) is 19.3 Å². The maximum Gasteiger partial charge on any atom is 0.243 e. The second kappa shape index (κ2) is 4.98. The minimum atomic E-state index is -3.59. The number of alkyl halides is 1. The Kier molecular flexibility index (Phi) is 4.13. The Morgan fingerprint density at radius 1 is 1.47 bits per heavy atom. The summed E-state index contributed by atoms with van der Waals surface area (Å²) in [6, 6.07) is 1.39. The first-order valence-corrected chi connectivity index (χ1v) is 9.11. The van der Waals surface area contributed by atoms with Crippen molar-refractivity contribution in [2.24, 2.45) is 0 Å². The predicted molar refractivity (Wildman–Crippen MR) is 75.0 cm³/mol. The first kappa shape index (κ1) is 14.1. The van der Waals surface area contributed by atoms with E-state index in [2.05, 4.69) is 20.7 Å². The van der Waals surface area contributed by atoms with Gasteiger partial charge in [0.05, 0.1) is 4.34 Å². The van der Waals surface area contributed by atoms with E-state index in [1.165, 1.54) is 6.07 Å². The number of nitrogens with one attached hydrogen (secondary N) is 1. The summed E-state index contributed by atoms with van der Waals surface area (Å²) >= 11 is 16.0. The lowest BCUT2D eigenvalue weighted by molar-refractivity contribution is 0.256. The molecule has 0 atom stereocenters. The maximum atomic E-state index is 12.2. The smallest absolute Gasteiger partial charge is 0.207 e. The predicted octanol–water partition coefficient (Wildman–Crippen LogP) is 3.65. The highest BCUT2D eigenvalue weighted by Crippen LogP contribution is 2.38. The average molecular weight is 379 g/mol. The summed E-state index contributed by atoms with van der Waals surface area (Å²) in [5.41, 5.74) is -0.365. The first-order valence-electron chi connectivity index (χ1n) is 4.93. The van der Waals surface area contributed by atoms with Crippen molar-refractivity contribution in [3.05, 3.63) is 14.7 Å². The summed E-state index contributed by atoms with van der Waals surface area (Å²) in [5.74, 6) is 0. The molecule has 0 saturated heterocycles. The Morgan fingerprint density at radius 3 is 2.47 bits per heavy atom. The third kappa shape index (κ3) is 2.82. The van der Waals surface area contributed by atoms with Crippen LogP contribution in [0.2, 0.25) is 8.67 Å². The van der Waals surface area contributed by atoms with Gasteiger partial charge in [-0.3, -0.25) is 0 Å². The molecule has 0 unspecified atom stereocenters. The molecule has 0 radical (unpaired) electrons. The van der Waals surface area contributed by atoms with E-state index in [-0.39, 0.29) is 14.8 Å². The molecule has 1 fully saturated rings. The number of rotatable bonds is 4. The molecule has 0 aromatic carbocycles. The topological polar surface area (TPSA) is 46.2 Å². The van der Waals surface area contributed by atoms with Crippen molar-refractivity contribution in [3.8, 4) is 0 Å². The maximum absolute atomic E-state index is 12.2. The van der Waals surface area contributed by atoms with E-state index in [0.717, 1.165) is 30.6 Å². The Labute approximate surface area is 123 Å². The molecule has 1 aromatic rings. The fraction of sp³-hybridized carbons (Fsp3) is 0.556. The van der Waals surface area contributed by atoms with Crippen molar-refractivity contribution >= 4 is 60.5 Å². The van der Waals surface area contributed by atoms with Gasteiger partial charge in [0.25, 0.3) is 0 Å². The van der Waals surface area contributed by atoms with Crippen molar-refractivity contribution in [3.63, 3.8) is 0 Å². The van der Waals surface area contributed by atoms with Gasteiger partial charge in [0.1, 0.15) is 9.23 Å². The zero-order valence-corrected chi connectivity index (χ0v) is 13.4. The van der Waals surface area contributed by atoms with Crippen LogP contribution >= 0.6 is 50.5 Å². The Morgan fingerprint density at radius 2 is 2.12 bits per heavy atom. The lowest BCUT2D eigenvalue weighted by Crippen LogP contribution is -2.54. The van der Waals surface area contributed by atoms with Crippen LogP contribution < -0.4 is 4.72 Å². The molecule has 0 spiro atoms. The Bertz CT molecular complexity index is 520. The van der Waals surface area contributed by atoms with Gasteiger partial charge < -0.3 is 0 Å². The number of sulfonamides is 1. The molecular weight excluding hydrogens is 369 g/mol. The summed E-state index contributed by atoms with van der Waals surface area (Å²) in [7, 11) is -3.59. The van der Waals surface area contributed by atoms with Crippen LogP contribution in [0.5, 0.6) is 0 Å². The van der Waals surface area contributed by atoms with Crippen molar-refractivity contribution in [1.29, 1.82) is 0 Å². The standard InChI is InChI=1S/C9H10BrCl2NO2S2/c10-5-9(2-1-3-9)13-17(14,15)6-4-7(11)16-8(6)12/h4,13H,1-3,5H2. The molecule has 1 aliphatic rings. The summed E-state index contributed by atoms with van der Waals surface area (Å²) in [6.45, 7) is 0. The molecular formula is C9H10BrCl2NO2S2. The van der Waals surface area contributed by atoms with Gasteiger partial charge in [-0.2, -0.15) is 0 Å². The molecule has 1 heterocycles. The van der Waals surface area contributed by atoms with Gasteiger partial charge in [-0.15, -0.1) is 11.3 Å². The highest BCUT2D eigenvalue weighted by atomic mass is 79.9. The number of thiophene rings is 1. The molecule has 1 saturated carbocycles. The first-order chi connectivity index (χ1) is 7.88. The van der Waals surface area contributed by atoms with Gasteiger partial charge >= 0.3 is 0 Å². The van der Waals surface area contributed by atoms with Crippen LogP contribution in [0.3, 0.4) is 0 Å². The molecule has 3 nitrogen and oxygen atoms in total. The minimum Gasteiger partial charge on any atom is -0.207 e. The molecule has 1 aliphatic carbocycles. The zero-order chi connectivity index (χ0) is 12.7. The molecule has 0 amide bonds. The van der Waals surface area contributed by atoms with Gasteiger partial charge in [-0.1, -0.05) is 39.1 Å². The van der Waals surface area contributed by atoms with E-state index in [4.69, 9.17) is 23.2 Å². The fourth-order valence-corrected chi connectivity index (χ4v) is 6.21. The van der Waals surface area contributed by atoms with Crippen LogP contribution in [0, 0.1) is 0 Å². The van der Waals surface area contributed by atoms with Crippen molar-refractivity contribution < 1.29 is 8.42 Å². The van der Waals surface area contributed by atoms with Crippen LogP contribution in [0.1, 0.15) is 19.3 Å². The molecule has 96 valence electrons. The molecule has 2 rings (SSSR count). The van der Waals surface area contributed by atoms with Crippen LogP contribution in [0.15, 0.2) is 11.0 Å². The monoisotopic (exact) mass is 377 g/mol. The van der Waals surface area contributed by atoms with Crippen LogP contribution in [0.4, 0.5) is 0 Å². The second-order valence-electron chi connectivity index (χ2n) is 4.06. The normalized spacial score (nSPS) is 19.0. The summed E-state index contributed by atoms with van der Waals surface area (Å²) in [4.78, 5) is 0.0707. The summed E-state index contributed by atoms with van der Waals surface area (Å²) < 4.78 is 27.6. The second-order valence-corrected chi connectivity index (χ2v) is 8.56. The third-order valence-electron chi connectivity index (χ3n) is 2.83. The largest absolute Gasteiger partial charge is 0.243 e. The van der Waals surface area contributed by atoms with Gasteiger partial charge in [-0.25, -0.2) is 13.1 Å². The molecule has 1 aromatic heterocycles. The number of halogens is 3. The van der Waals surface area contributed by atoms with Gasteiger partial charge in [0, 0.05) is 10.9 Å². The third-order valence-corrected chi connectivity index (χ3v) is 7.24. The number of hydrogen-bond donors (Lipinski definition) is 1. The quantitative estimate of drug-likeness (QED) is 0.812. The Balaban J connectivity index is 2.28. The summed E-state index contributed by atoms with van der Waals surface area (Å²) in [5, 5.41) is 0.606.